The number of fused-ring (bicyclic) bond motifs is 2. The third-order valence-corrected chi connectivity index (χ3v) is 3.91. The Kier molecular flexibility index (Phi) is 2.69. The number of rotatable bonds is 1. The van der Waals surface area contributed by atoms with Crippen LogP contribution >= 0.6 is 11.6 Å². The van der Waals surface area contributed by atoms with Gasteiger partial charge >= 0.3 is 0 Å². The second kappa shape index (κ2) is 4.57. The van der Waals surface area contributed by atoms with Crippen LogP contribution in [0.3, 0.4) is 0 Å². The van der Waals surface area contributed by atoms with E-state index in [2.05, 4.69) is 9.97 Å². The highest BCUT2D eigenvalue weighted by atomic mass is 35.5. The zero-order valence-corrected chi connectivity index (χ0v) is 11.7. The van der Waals surface area contributed by atoms with E-state index in [1.807, 2.05) is 36.5 Å². The number of hydrogen-bond acceptors (Lipinski definition) is 1. The molecule has 0 radical (unpaired) electrons. The van der Waals surface area contributed by atoms with Crippen LogP contribution in [0.25, 0.3) is 33.1 Å². The summed E-state index contributed by atoms with van der Waals surface area (Å²) in [6.07, 6.45) is 1.88. The van der Waals surface area contributed by atoms with Gasteiger partial charge in [0.05, 0.1) is 21.7 Å². The molecule has 2 heterocycles. The molecule has 0 saturated heterocycles. The van der Waals surface area contributed by atoms with Gasteiger partial charge in [0, 0.05) is 28.6 Å². The van der Waals surface area contributed by atoms with Gasteiger partial charge in [-0.15, -0.1) is 0 Å². The number of nitrogens with zero attached hydrogens (tertiary/aromatic N) is 1. The lowest BCUT2D eigenvalue weighted by Crippen LogP contribution is -1.85. The topological polar surface area (TPSA) is 28.7 Å². The molecule has 4 heteroatoms. The number of H-pyrrole nitrogens is 1. The lowest BCUT2D eigenvalue weighted by Gasteiger charge is -2.02. The van der Waals surface area contributed by atoms with Gasteiger partial charge < -0.3 is 4.98 Å². The number of nitrogens with one attached hydrogen (secondary N) is 1. The summed E-state index contributed by atoms with van der Waals surface area (Å²) in [4.78, 5) is 7.72. The molecule has 0 fully saturated rings. The van der Waals surface area contributed by atoms with Crippen molar-refractivity contribution in [1.29, 1.82) is 0 Å². The number of para-hydroxylation sites is 1. The molecule has 0 amide bonds. The van der Waals surface area contributed by atoms with Crippen LogP contribution in [-0.4, -0.2) is 9.97 Å². The van der Waals surface area contributed by atoms with Crippen molar-refractivity contribution in [3.63, 3.8) is 0 Å². The highest BCUT2D eigenvalue weighted by molar-refractivity contribution is 6.35. The van der Waals surface area contributed by atoms with E-state index in [0.717, 1.165) is 27.5 Å². The predicted molar refractivity (Wildman–Crippen MR) is 84.0 cm³/mol. The minimum atomic E-state index is -0.283. The number of hydrogen-bond donors (Lipinski definition) is 1. The third-order valence-electron chi connectivity index (χ3n) is 3.59. The number of benzene rings is 2. The van der Waals surface area contributed by atoms with Gasteiger partial charge in [-0.1, -0.05) is 29.8 Å². The number of pyridine rings is 1. The van der Waals surface area contributed by atoms with Crippen LogP contribution < -0.4 is 0 Å². The normalized spacial score (nSPS) is 11.3. The summed E-state index contributed by atoms with van der Waals surface area (Å²) >= 11 is 6.17. The molecule has 102 valence electrons. The first-order valence-corrected chi connectivity index (χ1v) is 6.92. The predicted octanol–water partition coefficient (Wildman–Crippen LogP) is 5.18. The molecule has 2 aromatic heterocycles. The molecular weight excluding hydrogens is 287 g/mol. The lowest BCUT2D eigenvalue weighted by atomic mass is 10.1. The molecule has 4 rings (SSSR count). The Balaban J connectivity index is 1.98. The fourth-order valence-corrected chi connectivity index (χ4v) is 2.80. The second-order valence-electron chi connectivity index (χ2n) is 4.90. The molecule has 2 nitrogen and oxygen atoms in total. The van der Waals surface area contributed by atoms with Gasteiger partial charge in [0.25, 0.3) is 0 Å². The lowest BCUT2D eigenvalue weighted by molar-refractivity contribution is 0.629. The smallest absolute Gasteiger partial charge is 0.125 e. The van der Waals surface area contributed by atoms with Crippen molar-refractivity contribution >= 4 is 33.4 Å². The molecule has 0 aliphatic carbocycles. The van der Waals surface area contributed by atoms with Gasteiger partial charge in [0.2, 0.25) is 0 Å². The molecule has 0 spiro atoms. The Morgan fingerprint density at radius 3 is 2.81 bits per heavy atom. The summed E-state index contributed by atoms with van der Waals surface area (Å²) in [6, 6.07) is 14.2. The number of aromatic nitrogens is 2. The Morgan fingerprint density at radius 1 is 1.05 bits per heavy atom. The maximum atomic E-state index is 13.4. The minimum absolute atomic E-state index is 0.283. The zero-order valence-electron chi connectivity index (χ0n) is 10.9. The average Bonchev–Trinajstić information content (AvgIpc) is 2.92. The van der Waals surface area contributed by atoms with Crippen LogP contribution in [-0.2, 0) is 0 Å². The molecule has 1 N–H and O–H groups in total. The Morgan fingerprint density at radius 2 is 1.90 bits per heavy atom. The van der Waals surface area contributed by atoms with Crippen LogP contribution in [0, 0.1) is 5.82 Å². The van der Waals surface area contributed by atoms with E-state index in [9.17, 15) is 4.39 Å². The molecule has 21 heavy (non-hydrogen) atoms. The molecule has 0 saturated carbocycles. The summed E-state index contributed by atoms with van der Waals surface area (Å²) in [6.45, 7) is 0. The third kappa shape index (κ3) is 1.98. The van der Waals surface area contributed by atoms with E-state index in [0.29, 0.717) is 10.5 Å². The summed E-state index contributed by atoms with van der Waals surface area (Å²) in [5, 5.41) is 2.59. The maximum Gasteiger partial charge on any atom is 0.125 e. The van der Waals surface area contributed by atoms with E-state index in [1.165, 1.54) is 12.1 Å². The molecule has 0 aliphatic rings. The summed E-state index contributed by atoms with van der Waals surface area (Å²) in [5.41, 5.74) is 3.28. The van der Waals surface area contributed by atoms with E-state index < -0.39 is 0 Å². The van der Waals surface area contributed by atoms with Gasteiger partial charge in [-0.25, -0.2) is 9.37 Å². The van der Waals surface area contributed by atoms with Gasteiger partial charge in [-0.2, -0.15) is 0 Å². The minimum Gasteiger partial charge on any atom is -0.359 e. The standard InChI is InChI=1S/C17H10ClFN2/c18-14-3-1-2-12-13(9-20-17(12)14)15-7-5-10-4-6-11(19)8-16(10)21-15/h1-9,20H. The maximum absolute atomic E-state index is 13.4. The van der Waals surface area contributed by atoms with Gasteiger partial charge in [0.1, 0.15) is 5.82 Å². The fraction of sp³-hybridized carbons (Fsp3) is 0. The van der Waals surface area contributed by atoms with Crippen LogP contribution in [0.1, 0.15) is 0 Å². The fourth-order valence-electron chi connectivity index (χ4n) is 2.57. The molecule has 2 aromatic carbocycles. The van der Waals surface area contributed by atoms with Crippen LogP contribution in [0.5, 0.6) is 0 Å². The van der Waals surface area contributed by atoms with E-state index >= 15 is 0 Å². The van der Waals surface area contributed by atoms with Crippen molar-refractivity contribution in [2.75, 3.05) is 0 Å². The molecule has 0 bridgehead atoms. The van der Waals surface area contributed by atoms with Crippen molar-refractivity contribution in [2.45, 2.75) is 0 Å². The SMILES string of the molecule is Fc1ccc2ccc(-c3c[nH]c4c(Cl)cccc34)nc2c1. The summed E-state index contributed by atoms with van der Waals surface area (Å²) in [5.74, 6) is -0.283. The van der Waals surface area contributed by atoms with Crippen LogP contribution in [0.2, 0.25) is 5.02 Å². The Labute approximate surface area is 125 Å². The van der Waals surface area contributed by atoms with Gasteiger partial charge in [-0.3, -0.25) is 0 Å². The Bertz CT molecular complexity index is 975. The largest absolute Gasteiger partial charge is 0.359 e. The Hall–Kier alpha value is -2.39. The van der Waals surface area contributed by atoms with E-state index in [1.54, 1.807) is 6.07 Å². The quantitative estimate of drug-likeness (QED) is 0.515. The van der Waals surface area contributed by atoms with E-state index in [-0.39, 0.29) is 5.82 Å². The van der Waals surface area contributed by atoms with E-state index in [4.69, 9.17) is 11.6 Å². The summed E-state index contributed by atoms with van der Waals surface area (Å²) in [7, 11) is 0. The van der Waals surface area contributed by atoms with Crippen molar-refractivity contribution in [2.24, 2.45) is 0 Å². The first-order valence-electron chi connectivity index (χ1n) is 6.55. The highest BCUT2D eigenvalue weighted by Crippen LogP contribution is 2.32. The molecule has 0 unspecified atom stereocenters. The van der Waals surface area contributed by atoms with Crippen molar-refractivity contribution in [1.82, 2.24) is 9.97 Å². The van der Waals surface area contributed by atoms with Crippen molar-refractivity contribution in [3.05, 3.63) is 65.6 Å². The van der Waals surface area contributed by atoms with Gasteiger partial charge in [0.15, 0.2) is 0 Å². The molecule has 0 atom stereocenters. The zero-order chi connectivity index (χ0) is 14.4. The summed E-state index contributed by atoms with van der Waals surface area (Å²) < 4.78 is 13.4. The second-order valence-corrected chi connectivity index (χ2v) is 5.31. The first kappa shape index (κ1) is 12.4. The van der Waals surface area contributed by atoms with Crippen LogP contribution in [0.15, 0.2) is 54.7 Å². The number of aromatic amines is 1. The highest BCUT2D eigenvalue weighted by Gasteiger charge is 2.10. The molecule has 0 aliphatic heterocycles. The average molecular weight is 297 g/mol. The van der Waals surface area contributed by atoms with Crippen molar-refractivity contribution in [3.8, 4) is 11.3 Å². The molecule has 4 aromatic rings. The first-order chi connectivity index (χ1) is 10.2. The number of halogens is 2. The van der Waals surface area contributed by atoms with Crippen LogP contribution in [0.4, 0.5) is 4.39 Å². The van der Waals surface area contributed by atoms with Gasteiger partial charge in [-0.05, 0) is 24.3 Å². The molecular formula is C17H10ClFN2. The monoisotopic (exact) mass is 296 g/mol. The van der Waals surface area contributed by atoms with Crippen molar-refractivity contribution < 1.29 is 4.39 Å².